The summed E-state index contributed by atoms with van der Waals surface area (Å²) in [4.78, 5) is 33.1. The van der Waals surface area contributed by atoms with Crippen molar-refractivity contribution in [3.05, 3.63) is 30.1 Å². The molecule has 0 saturated carbocycles. The maximum absolute atomic E-state index is 12.8. The molecule has 2 heterocycles. The van der Waals surface area contributed by atoms with Gasteiger partial charge in [-0.25, -0.2) is 0 Å². The average molecular weight is 331 g/mol. The Bertz CT molecular complexity index is 557. The summed E-state index contributed by atoms with van der Waals surface area (Å²) in [7, 11) is 0. The van der Waals surface area contributed by atoms with Crippen LogP contribution in [0.5, 0.6) is 0 Å². The fourth-order valence-electron chi connectivity index (χ4n) is 3.18. The van der Waals surface area contributed by atoms with Gasteiger partial charge in [0.05, 0.1) is 0 Å². The van der Waals surface area contributed by atoms with Gasteiger partial charge in [-0.15, -0.1) is 0 Å². The number of hydrogen-bond donors (Lipinski definition) is 0. The Morgan fingerprint density at radius 3 is 2.62 bits per heavy atom. The van der Waals surface area contributed by atoms with Crippen LogP contribution in [0, 0.1) is 11.8 Å². The van der Waals surface area contributed by atoms with Gasteiger partial charge in [-0.1, -0.05) is 33.8 Å². The van der Waals surface area contributed by atoms with Gasteiger partial charge in [0.2, 0.25) is 11.8 Å². The maximum Gasteiger partial charge on any atom is 0.225 e. The molecule has 1 atom stereocenters. The van der Waals surface area contributed by atoms with Gasteiger partial charge < -0.3 is 9.80 Å². The highest BCUT2D eigenvalue weighted by molar-refractivity contribution is 5.80. The minimum atomic E-state index is -0.0575. The summed E-state index contributed by atoms with van der Waals surface area (Å²) in [5.41, 5.74) is 1.03. The van der Waals surface area contributed by atoms with Crippen LogP contribution in [0.1, 0.15) is 46.1 Å². The molecule has 1 aromatic heterocycles. The van der Waals surface area contributed by atoms with E-state index in [9.17, 15) is 9.59 Å². The number of nitrogens with zero attached hydrogens (tertiary/aromatic N) is 3. The van der Waals surface area contributed by atoms with Crippen molar-refractivity contribution in [1.29, 1.82) is 0 Å². The van der Waals surface area contributed by atoms with E-state index in [4.69, 9.17) is 0 Å². The highest BCUT2D eigenvalue weighted by Gasteiger charge is 2.32. The number of hydrogen-bond acceptors (Lipinski definition) is 3. The van der Waals surface area contributed by atoms with E-state index in [2.05, 4.69) is 4.98 Å². The zero-order chi connectivity index (χ0) is 17.7. The molecule has 0 N–H and O–H groups in total. The van der Waals surface area contributed by atoms with Gasteiger partial charge >= 0.3 is 0 Å². The van der Waals surface area contributed by atoms with E-state index in [1.807, 2.05) is 49.6 Å². The van der Waals surface area contributed by atoms with E-state index >= 15 is 0 Å². The summed E-state index contributed by atoms with van der Waals surface area (Å²) in [5.74, 6) is 0.259. The van der Waals surface area contributed by atoms with Crippen molar-refractivity contribution in [3.8, 4) is 0 Å². The second-order valence-electron chi connectivity index (χ2n) is 7.22. The number of aromatic nitrogens is 1. The summed E-state index contributed by atoms with van der Waals surface area (Å²) in [6.45, 7) is 9.70. The molecular formula is C19H29N3O2. The fraction of sp³-hybridized carbons (Fsp3) is 0.632. The second kappa shape index (κ2) is 8.27. The highest BCUT2D eigenvalue weighted by atomic mass is 16.2. The molecule has 1 aliphatic heterocycles. The lowest BCUT2D eigenvalue weighted by molar-refractivity contribution is -0.143. The molecule has 5 heteroatoms. The van der Waals surface area contributed by atoms with Crippen LogP contribution in [0.3, 0.4) is 0 Å². The predicted octanol–water partition coefficient (Wildman–Crippen LogP) is 2.71. The lowest BCUT2D eigenvalue weighted by Crippen LogP contribution is -2.53. The Balaban J connectivity index is 2.16. The molecule has 5 nitrogen and oxygen atoms in total. The maximum atomic E-state index is 12.8. The predicted molar refractivity (Wildman–Crippen MR) is 94.1 cm³/mol. The number of carbonyl (C=O) groups excluding carboxylic acids is 2. The van der Waals surface area contributed by atoms with Crippen molar-refractivity contribution in [1.82, 2.24) is 14.8 Å². The molecule has 0 aromatic carbocycles. The zero-order valence-electron chi connectivity index (χ0n) is 15.2. The van der Waals surface area contributed by atoms with Crippen LogP contribution in [0.25, 0.3) is 0 Å². The van der Waals surface area contributed by atoms with E-state index in [-0.39, 0.29) is 29.7 Å². The van der Waals surface area contributed by atoms with Gasteiger partial charge in [0.25, 0.3) is 0 Å². The van der Waals surface area contributed by atoms with E-state index in [1.54, 1.807) is 12.4 Å². The summed E-state index contributed by atoms with van der Waals surface area (Å²) in [5, 5.41) is 0. The van der Waals surface area contributed by atoms with Crippen LogP contribution in [0.2, 0.25) is 0 Å². The first-order chi connectivity index (χ1) is 11.4. The van der Waals surface area contributed by atoms with Crippen LogP contribution in [-0.2, 0) is 16.1 Å². The molecule has 1 fully saturated rings. The second-order valence-corrected chi connectivity index (χ2v) is 7.22. The van der Waals surface area contributed by atoms with E-state index in [1.165, 1.54) is 0 Å². The fourth-order valence-corrected chi connectivity index (χ4v) is 3.18. The SMILES string of the molecule is CC(C)C(=O)N1CCCC(N(Cc2cccnc2)C(=O)C(C)C)C1. The standard InChI is InChI=1S/C19H29N3O2/c1-14(2)18(23)21-10-6-8-17(13-21)22(19(24)15(3)4)12-16-7-5-9-20-11-16/h5,7,9,11,14-15,17H,6,8,10,12-13H2,1-4H3. The average Bonchev–Trinajstić information content (AvgIpc) is 2.59. The van der Waals surface area contributed by atoms with Gasteiger partial charge in [0.1, 0.15) is 0 Å². The molecule has 0 bridgehead atoms. The molecule has 0 radical (unpaired) electrons. The van der Waals surface area contributed by atoms with E-state index < -0.39 is 0 Å². The normalized spacial score (nSPS) is 18.1. The Hall–Kier alpha value is -1.91. The molecule has 0 spiro atoms. The van der Waals surface area contributed by atoms with Crippen LogP contribution in [0.4, 0.5) is 0 Å². The smallest absolute Gasteiger partial charge is 0.225 e. The van der Waals surface area contributed by atoms with E-state index in [0.29, 0.717) is 13.1 Å². The van der Waals surface area contributed by atoms with Gasteiger partial charge in [-0.2, -0.15) is 0 Å². The number of carbonyl (C=O) groups is 2. The Kier molecular flexibility index (Phi) is 6.35. The Labute approximate surface area is 145 Å². The van der Waals surface area contributed by atoms with Gasteiger partial charge in [-0.3, -0.25) is 14.6 Å². The van der Waals surface area contributed by atoms with Gasteiger partial charge in [0, 0.05) is 49.9 Å². The monoisotopic (exact) mass is 331 g/mol. The minimum Gasteiger partial charge on any atom is -0.340 e. The lowest BCUT2D eigenvalue weighted by atomic mass is 10.00. The minimum absolute atomic E-state index is 0.00340. The molecule has 2 rings (SSSR count). The number of rotatable bonds is 5. The summed E-state index contributed by atoms with van der Waals surface area (Å²) >= 11 is 0. The van der Waals surface area contributed by atoms with E-state index in [0.717, 1.165) is 24.9 Å². The van der Waals surface area contributed by atoms with Gasteiger partial charge in [0.15, 0.2) is 0 Å². The van der Waals surface area contributed by atoms with Crippen LogP contribution in [0.15, 0.2) is 24.5 Å². The highest BCUT2D eigenvalue weighted by Crippen LogP contribution is 2.21. The first-order valence-corrected chi connectivity index (χ1v) is 8.88. The molecule has 1 aromatic rings. The van der Waals surface area contributed by atoms with Gasteiger partial charge in [-0.05, 0) is 24.5 Å². The van der Waals surface area contributed by atoms with Crippen LogP contribution < -0.4 is 0 Å². The Morgan fingerprint density at radius 2 is 2.04 bits per heavy atom. The van der Waals surface area contributed by atoms with Crippen molar-refractivity contribution in [3.63, 3.8) is 0 Å². The number of pyridine rings is 1. The summed E-state index contributed by atoms with van der Waals surface area (Å²) in [6, 6.07) is 3.97. The van der Waals surface area contributed by atoms with Crippen molar-refractivity contribution < 1.29 is 9.59 Å². The zero-order valence-corrected chi connectivity index (χ0v) is 15.2. The molecule has 1 aliphatic rings. The van der Waals surface area contributed by atoms with Crippen LogP contribution >= 0.6 is 0 Å². The molecule has 1 saturated heterocycles. The molecule has 132 valence electrons. The van der Waals surface area contributed by atoms with Crippen molar-refractivity contribution in [2.24, 2.45) is 11.8 Å². The topological polar surface area (TPSA) is 53.5 Å². The molecular weight excluding hydrogens is 302 g/mol. The molecule has 1 unspecified atom stereocenters. The number of likely N-dealkylation sites (tertiary alicyclic amines) is 1. The molecule has 2 amide bonds. The van der Waals surface area contributed by atoms with Crippen molar-refractivity contribution >= 4 is 11.8 Å². The van der Waals surface area contributed by atoms with Crippen molar-refractivity contribution in [2.75, 3.05) is 13.1 Å². The third-order valence-electron chi connectivity index (χ3n) is 4.50. The van der Waals surface area contributed by atoms with Crippen LogP contribution in [-0.4, -0.2) is 45.7 Å². The quantitative estimate of drug-likeness (QED) is 0.833. The van der Waals surface area contributed by atoms with Crippen molar-refractivity contribution in [2.45, 2.75) is 53.1 Å². The largest absolute Gasteiger partial charge is 0.340 e. The summed E-state index contributed by atoms with van der Waals surface area (Å²) in [6.07, 6.45) is 5.43. The third-order valence-corrected chi connectivity index (χ3v) is 4.50. The molecule has 0 aliphatic carbocycles. The number of piperidine rings is 1. The molecule has 24 heavy (non-hydrogen) atoms. The number of amides is 2. The first kappa shape index (κ1) is 18.4. The first-order valence-electron chi connectivity index (χ1n) is 8.88. The third kappa shape index (κ3) is 4.56. The summed E-state index contributed by atoms with van der Waals surface area (Å²) < 4.78 is 0. The lowest BCUT2D eigenvalue weighted by Gasteiger charge is -2.40. The Morgan fingerprint density at radius 1 is 1.29 bits per heavy atom.